The molecule has 1 aromatic heterocycles. The van der Waals surface area contributed by atoms with Crippen molar-refractivity contribution in [1.29, 1.82) is 0 Å². The van der Waals surface area contributed by atoms with Gasteiger partial charge in [-0.25, -0.2) is 0 Å². The molecule has 0 radical (unpaired) electrons. The Morgan fingerprint density at radius 2 is 2.19 bits per heavy atom. The molecule has 2 heterocycles. The molecule has 1 fully saturated rings. The van der Waals surface area contributed by atoms with E-state index in [2.05, 4.69) is 10.1 Å². The maximum Gasteiger partial charge on any atom is 0.321 e. The Balaban J connectivity index is 2.24. The SMILES string of the molecule is CCOC(=O)C(CC)(CC)c1nc(C2CSCCO2)no1. The number of nitrogens with zero attached hydrogens (tertiary/aromatic N) is 2. The number of hydrogen-bond donors (Lipinski definition) is 0. The lowest BCUT2D eigenvalue weighted by Crippen LogP contribution is -2.37. The van der Waals surface area contributed by atoms with Crippen LogP contribution in [0.5, 0.6) is 0 Å². The Labute approximate surface area is 129 Å². The van der Waals surface area contributed by atoms with Crippen molar-refractivity contribution in [3.8, 4) is 0 Å². The third kappa shape index (κ3) is 3.23. The van der Waals surface area contributed by atoms with Crippen molar-refractivity contribution in [1.82, 2.24) is 10.1 Å². The number of esters is 1. The highest BCUT2D eigenvalue weighted by Crippen LogP contribution is 2.33. The van der Waals surface area contributed by atoms with Gasteiger partial charge < -0.3 is 14.0 Å². The van der Waals surface area contributed by atoms with Gasteiger partial charge in [0, 0.05) is 11.5 Å². The minimum Gasteiger partial charge on any atom is -0.465 e. The highest BCUT2D eigenvalue weighted by molar-refractivity contribution is 7.99. The van der Waals surface area contributed by atoms with Gasteiger partial charge in [0.1, 0.15) is 11.5 Å². The van der Waals surface area contributed by atoms with E-state index in [1.54, 1.807) is 18.7 Å². The second-order valence-corrected chi connectivity index (χ2v) is 6.05. The molecule has 2 rings (SSSR count). The van der Waals surface area contributed by atoms with Crippen LogP contribution >= 0.6 is 11.8 Å². The monoisotopic (exact) mass is 314 g/mol. The molecule has 0 saturated carbocycles. The van der Waals surface area contributed by atoms with Crippen molar-refractivity contribution in [3.63, 3.8) is 0 Å². The summed E-state index contributed by atoms with van der Waals surface area (Å²) in [5, 5.41) is 4.01. The lowest BCUT2D eigenvalue weighted by molar-refractivity contribution is -0.151. The molecule has 0 spiro atoms. The summed E-state index contributed by atoms with van der Waals surface area (Å²) in [6, 6.07) is 0. The lowest BCUT2D eigenvalue weighted by Gasteiger charge is -2.24. The molecule has 1 saturated heterocycles. The number of thioether (sulfide) groups is 1. The van der Waals surface area contributed by atoms with Gasteiger partial charge in [-0.1, -0.05) is 19.0 Å². The molecule has 1 atom stereocenters. The Bertz CT molecular complexity index is 467. The fourth-order valence-corrected chi connectivity index (χ4v) is 3.23. The summed E-state index contributed by atoms with van der Waals surface area (Å²) in [6.07, 6.45) is 0.962. The number of carbonyl (C=O) groups is 1. The summed E-state index contributed by atoms with van der Waals surface area (Å²) >= 11 is 1.80. The van der Waals surface area contributed by atoms with Gasteiger partial charge in [-0.3, -0.25) is 4.79 Å². The second kappa shape index (κ2) is 7.26. The molecule has 0 bridgehead atoms. The third-order valence-electron chi connectivity index (χ3n) is 3.83. The number of carbonyl (C=O) groups excluding carboxylic acids is 1. The zero-order valence-corrected chi connectivity index (χ0v) is 13.6. The first-order valence-corrected chi connectivity index (χ1v) is 8.54. The van der Waals surface area contributed by atoms with E-state index in [-0.39, 0.29) is 12.1 Å². The fraction of sp³-hybridized carbons (Fsp3) is 0.786. The van der Waals surface area contributed by atoms with Crippen LogP contribution in [0.15, 0.2) is 4.52 Å². The van der Waals surface area contributed by atoms with Crippen molar-refractivity contribution < 1.29 is 18.8 Å². The summed E-state index contributed by atoms with van der Waals surface area (Å²) in [5.41, 5.74) is -0.858. The largest absolute Gasteiger partial charge is 0.465 e. The third-order valence-corrected chi connectivity index (χ3v) is 4.82. The Kier molecular flexibility index (Phi) is 5.64. The average Bonchev–Trinajstić information content (AvgIpc) is 3.01. The Hall–Kier alpha value is -1.08. The molecule has 0 aliphatic carbocycles. The van der Waals surface area contributed by atoms with Gasteiger partial charge in [0.25, 0.3) is 0 Å². The molecule has 118 valence electrons. The summed E-state index contributed by atoms with van der Waals surface area (Å²) in [4.78, 5) is 16.8. The molecule has 1 aliphatic rings. The van der Waals surface area contributed by atoms with E-state index in [0.29, 0.717) is 37.8 Å². The lowest BCUT2D eigenvalue weighted by atomic mass is 9.82. The summed E-state index contributed by atoms with van der Waals surface area (Å²) in [7, 11) is 0. The molecule has 21 heavy (non-hydrogen) atoms. The minimum atomic E-state index is -0.858. The summed E-state index contributed by atoms with van der Waals surface area (Å²) in [5.74, 6) is 2.35. The molecular weight excluding hydrogens is 292 g/mol. The molecule has 1 aromatic rings. The zero-order valence-electron chi connectivity index (χ0n) is 12.8. The van der Waals surface area contributed by atoms with Gasteiger partial charge in [0.05, 0.1) is 13.2 Å². The van der Waals surface area contributed by atoms with E-state index in [0.717, 1.165) is 11.5 Å². The number of aromatic nitrogens is 2. The van der Waals surface area contributed by atoms with Gasteiger partial charge in [0.15, 0.2) is 0 Å². The predicted molar refractivity (Wildman–Crippen MR) is 79.2 cm³/mol. The van der Waals surface area contributed by atoms with Crippen LogP contribution in [-0.2, 0) is 19.7 Å². The maximum absolute atomic E-state index is 12.3. The van der Waals surface area contributed by atoms with E-state index in [9.17, 15) is 4.79 Å². The highest BCUT2D eigenvalue weighted by Gasteiger charge is 2.44. The van der Waals surface area contributed by atoms with Crippen LogP contribution in [0.1, 0.15) is 51.4 Å². The minimum absolute atomic E-state index is 0.158. The van der Waals surface area contributed by atoms with Crippen LogP contribution in [0.25, 0.3) is 0 Å². The molecule has 1 aliphatic heterocycles. The van der Waals surface area contributed by atoms with Gasteiger partial charge in [0.2, 0.25) is 11.7 Å². The van der Waals surface area contributed by atoms with Crippen LogP contribution in [0.2, 0.25) is 0 Å². The fourth-order valence-electron chi connectivity index (χ4n) is 2.39. The van der Waals surface area contributed by atoms with E-state index in [1.165, 1.54) is 0 Å². The average molecular weight is 314 g/mol. The van der Waals surface area contributed by atoms with Crippen LogP contribution in [0, 0.1) is 0 Å². The second-order valence-electron chi connectivity index (χ2n) is 4.90. The molecule has 7 heteroatoms. The molecular formula is C14H22N2O4S. The summed E-state index contributed by atoms with van der Waals surface area (Å²) in [6.45, 7) is 6.67. The molecule has 0 amide bonds. The highest BCUT2D eigenvalue weighted by atomic mass is 32.2. The van der Waals surface area contributed by atoms with Gasteiger partial charge in [-0.2, -0.15) is 16.7 Å². The Morgan fingerprint density at radius 1 is 1.43 bits per heavy atom. The first-order valence-electron chi connectivity index (χ1n) is 7.38. The molecule has 1 unspecified atom stereocenters. The van der Waals surface area contributed by atoms with Crippen molar-refractivity contribution >= 4 is 17.7 Å². The molecule has 0 aromatic carbocycles. The van der Waals surface area contributed by atoms with E-state index in [4.69, 9.17) is 14.0 Å². The van der Waals surface area contributed by atoms with Crippen LogP contribution in [0.3, 0.4) is 0 Å². The molecule has 6 nitrogen and oxygen atoms in total. The first-order chi connectivity index (χ1) is 10.2. The van der Waals surface area contributed by atoms with Crippen molar-refractivity contribution in [2.24, 2.45) is 0 Å². The van der Waals surface area contributed by atoms with Gasteiger partial charge in [-0.15, -0.1) is 0 Å². The van der Waals surface area contributed by atoms with E-state index < -0.39 is 5.41 Å². The van der Waals surface area contributed by atoms with Crippen molar-refractivity contribution in [2.75, 3.05) is 24.7 Å². The van der Waals surface area contributed by atoms with Gasteiger partial charge in [-0.05, 0) is 19.8 Å². The van der Waals surface area contributed by atoms with Crippen LogP contribution in [-0.4, -0.2) is 40.8 Å². The predicted octanol–water partition coefficient (Wildman–Crippen LogP) is 2.50. The number of rotatable bonds is 6. The number of hydrogen-bond acceptors (Lipinski definition) is 7. The molecule has 0 N–H and O–H groups in total. The van der Waals surface area contributed by atoms with Crippen LogP contribution < -0.4 is 0 Å². The standard InChI is InChI=1S/C14H22N2O4S/c1-4-14(5-2,13(17)18-6-3)12-15-11(16-20-12)10-9-21-8-7-19-10/h10H,4-9H2,1-3H3. The zero-order chi connectivity index (χ0) is 15.3. The van der Waals surface area contributed by atoms with Crippen molar-refractivity contribution in [2.45, 2.75) is 45.1 Å². The normalized spacial score (nSPS) is 19.5. The first kappa shape index (κ1) is 16.3. The maximum atomic E-state index is 12.3. The van der Waals surface area contributed by atoms with Crippen molar-refractivity contribution in [3.05, 3.63) is 11.7 Å². The van der Waals surface area contributed by atoms with E-state index >= 15 is 0 Å². The quantitative estimate of drug-likeness (QED) is 0.747. The topological polar surface area (TPSA) is 74.5 Å². The smallest absolute Gasteiger partial charge is 0.321 e. The van der Waals surface area contributed by atoms with Crippen LogP contribution in [0.4, 0.5) is 0 Å². The van der Waals surface area contributed by atoms with Gasteiger partial charge >= 0.3 is 5.97 Å². The summed E-state index contributed by atoms with van der Waals surface area (Å²) < 4.78 is 16.2. The Morgan fingerprint density at radius 3 is 2.76 bits per heavy atom. The van der Waals surface area contributed by atoms with E-state index in [1.807, 2.05) is 13.8 Å². The number of ether oxygens (including phenoxy) is 2.